The van der Waals surface area contributed by atoms with E-state index in [1.165, 1.54) is 5.57 Å². The lowest BCUT2D eigenvalue weighted by Crippen LogP contribution is -2.65. The van der Waals surface area contributed by atoms with Crippen LogP contribution in [0.1, 0.15) is 142 Å². The van der Waals surface area contributed by atoms with E-state index >= 15 is 0 Å². The first kappa shape index (κ1) is 39.3. The van der Waals surface area contributed by atoms with Crippen molar-refractivity contribution in [2.75, 3.05) is 19.7 Å². The summed E-state index contributed by atoms with van der Waals surface area (Å²) >= 11 is 0. The summed E-state index contributed by atoms with van der Waals surface area (Å²) in [5.74, 6) is 0.528. The third kappa shape index (κ3) is 6.34. The molecule has 302 valence electrons. The summed E-state index contributed by atoms with van der Waals surface area (Å²) < 4.78 is 12.4. The molecule has 0 spiro atoms. The van der Waals surface area contributed by atoms with Gasteiger partial charge in [-0.2, -0.15) is 0 Å². The highest BCUT2D eigenvalue weighted by Gasteiger charge is 2.70. The first-order chi connectivity index (χ1) is 26.7. The van der Waals surface area contributed by atoms with Gasteiger partial charge in [0, 0.05) is 37.3 Å². The molecule has 0 radical (unpaired) electrons. The van der Waals surface area contributed by atoms with Gasteiger partial charge in [0.2, 0.25) is 5.91 Å². The lowest BCUT2D eigenvalue weighted by molar-refractivity contribution is -0.185. The quantitative estimate of drug-likeness (QED) is 0.195. The summed E-state index contributed by atoms with van der Waals surface area (Å²) in [5.41, 5.74) is 3.53. The molecular formula is C48H65N3O5. The number of benzene rings is 1. The van der Waals surface area contributed by atoms with Crippen molar-refractivity contribution in [2.45, 2.75) is 143 Å². The number of esters is 2. The molecule has 1 amide bonds. The zero-order valence-corrected chi connectivity index (χ0v) is 35.0. The Balaban J connectivity index is 1.07. The van der Waals surface area contributed by atoms with E-state index < -0.39 is 10.8 Å². The standard InChI is InChI=1S/C48H65N3O5/c1-43(2)21-23-48(42(54)55-31-33-13-9-7-10-14-33)24-22-46(5)34(35(48)29-43)15-16-38-44(3)30-36-41(50-26-25-49-36)45(4,37(44)19-20-47(38,46)6)32-56-40(53)18-17-39(52)51-27-11-8-12-28-51/h7,9-10,13-15,25-26,35,37-38H,8,11-12,16-24,27-32H2,1-6H3/t35-,37+,38+,44-,45-,46+,47+,48-/m0/s1. The number of carbonyl (C=O) groups excluding carboxylic acids is 3. The van der Waals surface area contributed by atoms with Gasteiger partial charge in [0.25, 0.3) is 0 Å². The first-order valence-electron chi connectivity index (χ1n) is 21.8. The molecule has 3 saturated carbocycles. The highest BCUT2D eigenvalue weighted by molar-refractivity contribution is 5.81. The maximum atomic E-state index is 14.4. The van der Waals surface area contributed by atoms with E-state index in [2.05, 4.69) is 47.6 Å². The zero-order valence-electron chi connectivity index (χ0n) is 35.0. The number of amides is 1. The minimum absolute atomic E-state index is 0.00335. The molecule has 5 aliphatic carbocycles. The van der Waals surface area contributed by atoms with Crippen molar-refractivity contribution < 1.29 is 23.9 Å². The second-order valence-electron chi connectivity index (χ2n) is 20.5. The van der Waals surface area contributed by atoms with E-state index in [-0.39, 0.29) is 70.8 Å². The lowest BCUT2D eigenvalue weighted by Gasteiger charge is -2.70. The van der Waals surface area contributed by atoms with Crippen molar-refractivity contribution in [3.05, 3.63) is 71.3 Å². The molecule has 8 nitrogen and oxygen atoms in total. The fourth-order valence-electron chi connectivity index (χ4n) is 13.6. The number of hydrogen-bond acceptors (Lipinski definition) is 7. The van der Waals surface area contributed by atoms with Crippen LogP contribution in [0.15, 0.2) is 54.4 Å². The van der Waals surface area contributed by atoms with Gasteiger partial charge >= 0.3 is 11.9 Å². The van der Waals surface area contributed by atoms with Crippen LogP contribution in [0, 0.1) is 44.8 Å². The third-order valence-electron chi connectivity index (χ3n) is 16.9. The van der Waals surface area contributed by atoms with Crippen LogP contribution in [-0.2, 0) is 42.3 Å². The van der Waals surface area contributed by atoms with Gasteiger partial charge in [-0.25, -0.2) is 0 Å². The fraction of sp³-hybridized carbons (Fsp3) is 0.688. The molecule has 1 aliphatic heterocycles. The number of carbonyl (C=O) groups is 3. The van der Waals surface area contributed by atoms with Crippen LogP contribution in [0.5, 0.6) is 0 Å². The Morgan fingerprint density at radius 3 is 2.32 bits per heavy atom. The van der Waals surface area contributed by atoms with Gasteiger partial charge in [-0.1, -0.05) is 83.5 Å². The number of rotatable bonds is 8. The monoisotopic (exact) mass is 763 g/mol. The maximum absolute atomic E-state index is 14.4. The minimum Gasteiger partial charge on any atom is -0.465 e. The number of piperidine rings is 1. The predicted octanol–water partition coefficient (Wildman–Crippen LogP) is 9.35. The van der Waals surface area contributed by atoms with E-state index in [0.717, 1.165) is 107 Å². The Morgan fingerprint density at radius 1 is 0.821 bits per heavy atom. The Kier molecular flexibility index (Phi) is 10.1. The third-order valence-corrected chi connectivity index (χ3v) is 16.9. The number of nitrogens with zero attached hydrogens (tertiary/aromatic N) is 3. The Morgan fingerprint density at radius 2 is 1.55 bits per heavy atom. The average molecular weight is 764 g/mol. The minimum atomic E-state index is -0.507. The molecule has 6 aliphatic rings. The van der Waals surface area contributed by atoms with Crippen LogP contribution in [0.3, 0.4) is 0 Å². The molecule has 8 atom stereocenters. The predicted molar refractivity (Wildman–Crippen MR) is 216 cm³/mol. The van der Waals surface area contributed by atoms with Crippen LogP contribution >= 0.6 is 0 Å². The van der Waals surface area contributed by atoms with E-state index in [1.54, 1.807) is 6.20 Å². The molecule has 2 aromatic rings. The lowest BCUT2D eigenvalue weighted by atomic mass is 9.33. The Bertz CT molecular complexity index is 1870. The average Bonchev–Trinajstić information content (AvgIpc) is 3.19. The molecule has 2 heterocycles. The summed E-state index contributed by atoms with van der Waals surface area (Å²) in [7, 11) is 0. The number of ether oxygens (including phenoxy) is 2. The maximum Gasteiger partial charge on any atom is 0.313 e. The number of hydrogen-bond donors (Lipinski definition) is 0. The van der Waals surface area contributed by atoms with E-state index in [1.807, 2.05) is 41.4 Å². The van der Waals surface area contributed by atoms with Crippen molar-refractivity contribution in [3.63, 3.8) is 0 Å². The summed E-state index contributed by atoms with van der Waals surface area (Å²) in [6.07, 6.45) is 18.4. The van der Waals surface area contributed by atoms with Crippen molar-refractivity contribution in [2.24, 2.45) is 44.8 Å². The summed E-state index contributed by atoms with van der Waals surface area (Å²) in [5, 5.41) is 0. The summed E-state index contributed by atoms with van der Waals surface area (Å²) in [6.45, 7) is 16.8. The van der Waals surface area contributed by atoms with Gasteiger partial charge in [-0.05, 0) is 122 Å². The van der Waals surface area contributed by atoms with E-state index in [4.69, 9.17) is 19.4 Å². The zero-order chi connectivity index (χ0) is 39.6. The Labute approximate surface area is 335 Å². The van der Waals surface area contributed by atoms with Gasteiger partial charge < -0.3 is 14.4 Å². The van der Waals surface area contributed by atoms with Crippen LogP contribution in [0.25, 0.3) is 0 Å². The second-order valence-corrected chi connectivity index (χ2v) is 20.5. The van der Waals surface area contributed by atoms with Crippen molar-refractivity contribution in [1.29, 1.82) is 0 Å². The topological polar surface area (TPSA) is 98.7 Å². The van der Waals surface area contributed by atoms with Crippen molar-refractivity contribution in [1.82, 2.24) is 14.9 Å². The molecule has 8 rings (SSSR count). The highest BCUT2D eigenvalue weighted by Crippen LogP contribution is 2.75. The number of aromatic nitrogens is 2. The summed E-state index contributed by atoms with van der Waals surface area (Å²) in [6, 6.07) is 10.1. The fourth-order valence-corrected chi connectivity index (χ4v) is 13.6. The molecular weight excluding hydrogens is 699 g/mol. The number of fused-ring (bicyclic) bond motifs is 8. The molecule has 8 heteroatoms. The van der Waals surface area contributed by atoms with E-state index in [0.29, 0.717) is 12.5 Å². The molecule has 1 saturated heterocycles. The van der Waals surface area contributed by atoms with Gasteiger partial charge in [0.05, 0.1) is 23.2 Å². The molecule has 0 N–H and O–H groups in total. The molecule has 1 aromatic heterocycles. The number of likely N-dealkylation sites (tertiary alicyclic amines) is 1. The molecule has 0 bridgehead atoms. The summed E-state index contributed by atoms with van der Waals surface area (Å²) in [4.78, 5) is 52.5. The van der Waals surface area contributed by atoms with Crippen LogP contribution in [-0.4, -0.2) is 52.4 Å². The van der Waals surface area contributed by atoms with Gasteiger partial charge in [0.1, 0.15) is 13.2 Å². The Hall–Kier alpha value is -3.55. The molecule has 0 unspecified atom stereocenters. The van der Waals surface area contributed by atoms with Gasteiger partial charge in [0.15, 0.2) is 0 Å². The van der Waals surface area contributed by atoms with Crippen LogP contribution < -0.4 is 0 Å². The number of allylic oxidation sites excluding steroid dienone is 2. The normalized spacial score (nSPS) is 37.0. The molecule has 56 heavy (non-hydrogen) atoms. The van der Waals surface area contributed by atoms with Crippen molar-refractivity contribution >= 4 is 17.8 Å². The van der Waals surface area contributed by atoms with Gasteiger partial charge in [-0.3, -0.25) is 24.4 Å². The highest BCUT2D eigenvalue weighted by atomic mass is 16.5. The molecule has 1 aromatic carbocycles. The smallest absolute Gasteiger partial charge is 0.313 e. The SMILES string of the molecule is CC1(C)CC[C@]2(C(=O)OCc3ccccc3)CC[C@]3(C)C(=CC[C@@H]4[C@@]5(C)Cc6nccnc6[C@@](C)(COC(=O)CCC(=O)N6CCCCC6)[C@@H]5CC[C@]43C)[C@@H]2C1. The first-order valence-corrected chi connectivity index (χ1v) is 21.8. The molecule has 4 fully saturated rings. The van der Waals surface area contributed by atoms with Crippen LogP contribution in [0.4, 0.5) is 0 Å². The van der Waals surface area contributed by atoms with Crippen LogP contribution in [0.2, 0.25) is 0 Å². The van der Waals surface area contributed by atoms with E-state index in [9.17, 15) is 14.4 Å². The largest absolute Gasteiger partial charge is 0.465 e. The second kappa shape index (κ2) is 14.4. The van der Waals surface area contributed by atoms with Gasteiger partial charge in [-0.15, -0.1) is 0 Å². The van der Waals surface area contributed by atoms with Crippen molar-refractivity contribution in [3.8, 4) is 0 Å².